The van der Waals surface area contributed by atoms with E-state index in [2.05, 4.69) is 62.4 Å². The molecule has 1 aliphatic rings. The molecule has 0 saturated carbocycles. The van der Waals surface area contributed by atoms with E-state index in [0.29, 0.717) is 11.8 Å². The summed E-state index contributed by atoms with van der Waals surface area (Å²) in [5, 5.41) is 0. The lowest BCUT2D eigenvalue weighted by molar-refractivity contribution is 0.128. The Labute approximate surface area is 141 Å². The Morgan fingerprint density at radius 1 is 1.13 bits per heavy atom. The lowest BCUT2D eigenvalue weighted by Gasteiger charge is -2.42. The maximum Gasteiger partial charge on any atom is 0.132 e. The van der Waals surface area contributed by atoms with Crippen LogP contribution in [-0.2, 0) is 0 Å². The molecule has 4 nitrogen and oxygen atoms in total. The Morgan fingerprint density at radius 3 is 2.35 bits per heavy atom. The van der Waals surface area contributed by atoms with Gasteiger partial charge in [0.1, 0.15) is 11.6 Å². The molecule has 0 spiro atoms. The van der Waals surface area contributed by atoms with E-state index in [-0.39, 0.29) is 5.54 Å². The van der Waals surface area contributed by atoms with E-state index in [9.17, 15) is 0 Å². The average molecular weight is 319 g/mol. The fourth-order valence-corrected chi connectivity index (χ4v) is 2.69. The number of pyridine rings is 1. The predicted molar refractivity (Wildman–Crippen MR) is 97.3 cm³/mol. The van der Waals surface area contributed by atoms with Crippen molar-refractivity contribution >= 4 is 5.82 Å². The van der Waals surface area contributed by atoms with E-state index in [1.165, 1.54) is 0 Å². The highest BCUT2D eigenvalue weighted by molar-refractivity contribution is 5.44. The molecule has 1 aromatic rings. The van der Waals surface area contributed by atoms with E-state index in [1.54, 1.807) is 0 Å². The SMILES string of the molecule is CC(C)[C@H](C)COc1ccnc(N2CCN(C(C)(C)C)CC2)c1. The summed E-state index contributed by atoms with van der Waals surface area (Å²) in [4.78, 5) is 9.44. The molecule has 0 bridgehead atoms. The molecular weight excluding hydrogens is 286 g/mol. The second-order valence-corrected chi connectivity index (χ2v) is 8.03. The normalized spacial score (nSPS) is 18.3. The van der Waals surface area contributed by atoms with Gasteiger partial charge in [-0.3, -0.25) is 4.90 Å². The first kappa shape index (κ1) is 18.1. The highest BCUT2D eigenvalue weighted by Gasteiger charge is 2.26. The van der Waals surface area contributed by atoms with Crippen LogP contribution in [0.15, 0.2) is 18.3 Å². The first-order chi connectivity index (χ1) is 10.8. The molecule has 2 rings (SSSR count). The van der Waals surface area contributed by atoms with Crippen LogP contribution in [0.5, 0.6) is 5.75 Å². The van der Waals surface area contributed by atoms with Crippen molar-refractivity contribution in [2.75, 3.05) is 37.7 Å². The summed E-state index contributed by atoms with van der Waals surface area (Å²) in [6.07, 6.45) is 1.86. The van der Waals surface area contributed by atoms with Crippen LogP contribution in [0.25, 0.3) is 0 Å². The number of nitrogens with zero attached hydrogens (tertiary/aromatic N) is 3. The van der Waals surface area contributed by atoms with Crippen LogP contribution < -0.4 is 9.64 Å². The van der Waals surface area contributed by atoms with E-state index in [1.807, 2.05) is 12.3 Å². The third-order valence-corrected chi connectivity index (χ3v) is 4.92. The molecule has 1 atom stereocenters. The Balaban J connectivity index is 1.93. The molecule has 1 fully saturated rings. The largest absolute Gasteiger partial charge is 0.493 e. The highest BCUT2D eigenvalue weighted by atomic mass is 16.5. The summed E-state index contributed by atoms with van der Waals surface area (Å²) in [5.41, 5.74) is 0.247. The second kappa shape index (κ2) is 7.52. The zero-order chi connectivity index (χ0) is 17.0. The fourth-order valence-electron chi connectivity index (χ4n) is 2.69. The molecule has 1 aromatic heterocycles. The predicted octanol–water partition coefficient (Wildman–Crippen LogP) is 3.67. The summed E-state index contributed by atoms with van der Waals surface area (Å²) in [6.45, 7) is 18.5. The van der Waals surface area contributed by atoms with E-state index < -0.39 is 0 Å². The van der Waals surface area contributed by atoms with Gasteiger partial charge in [-0.15, -0.1) is 0 Å². The van der Waals surface area contributed by atoms with Crippen molar-refractivity contribution in [2.45, 2.75) is 47.1 Å². The smallest absolute Gasteiger partial charge is 0.132 e. The molecule has 1 aliphatic heterocycles. The topological polar surface area (TPSA) is 28.6 Å². The van der Waals surface area contributed by atoms with Gasteiger partial charge in [0.15, 0.2) is 0 Å². The number of rotatable bonds is 5. The van der Waals surface area contributed by atoms with Crippen molar-refractivity contribution in [3.63, 3.8) is 0 Å². The van der Waals surface area contributed by atoms with Crippen LogP contribution in [-0.4, -0.2) is 48.2 Å². The van der Waals surface area contributed by atoms with Crippen molar-refractivity contribution in [3.05, 3.63) is 18.3 Å². The molecule has 2 heterocycles. The van der Waals surface area contributed by atoms with Gasteiger partial charge in [0, 0.05) is 44.0 Å². The monoisotopic (exact) mass is 319 g/mol. The van der Waals surface area contributed by atoms with Crippen molar-refractivity contribution in [1.29, 1.82) is 0 Å². The second-order valence-electron chi connectivity index (χ2n) is 8.03. The van der Waals surface area contributed by atoms with E-state index in [0.717, 1.165) is 44.4 Å². The molecule has 1 saturated heterocycles. The highest BCUT2D eigenvalue weighted by Crippen LogP contribution is 2.23. The molecule has 4 heteroatoms. The van der Waals surface area contributed by atoms with E-state index >= 15 is 0 Å². The molecule has 23 heavy (non-hydrogen) atoms. The maximum atomic E-state index is 5.96. The van der Waals surface area contributed by atoms with Crippen molar-refractivity contribution in [3.8, 4) is 5.75 Å². The third kappa shape index (κ3) is 5.10. The van der Waals surface area contributed by atoms with Gasteiger partial charge >= 0.3 is 0 Å². The van der Waals surface area contributed by atoms with Gasteiger partial charge in [0.2, 0.25) is 0 Å². The minimum absolute atomic E-state index is 0.247. The Bertz CT molecular complexity index is 488. The lowest BCUT2D eigenvalue weighted by atomic mass is 9.99. The zero-order valence-electron chi connectivity index (χ0n) is 15.7. The zero-order valence-corrected chi connectivity index (χ0v) is 15.7. The van der Waals surface area contributed by atoms with Crippen molar-refractivity contribution < 1.29 is 4.74 Å². The Hall–Kier alpha value is -1.29. The van der Waals surface area contributed by atoms with Crippen LogP contribution >= 0.6 is 0 Å². The molecule has 0 amide bonds. The number of hydrogen-bond donors (Lipinski definition) is 0. The van der Waals surface area contributed by atoms with Crippen LogP contribution in [0.3, 0.4) is 0 Å². The summed E-state index contributed by atoms with van der Waals surface area (Å²) in [5.74, 6) is 3.16. The van der Waals surface area contributed by atoms with Gasteiger partial charge in [-0.2, -0.15) is 0 Å². The maximum absolute atomic E-state index is 5.96. The molecule has 0 N–H and O–H groups in total. The Morgan fingerprint density at radius 2 is 1.78 bits per heavy atom. The summed E-state index contributed by atoms with van der Waals surface area (Å²) < 4.78 is 5.96. The van der Waals surface area contributed by atoms with Gasteiger partial charge in [-0.1, -0.05) is 20.8 Å². The van der Waals surface area contributed by atoms with Crippen LogP contribution in [0.4, 0.5) is 5.82 Å². The Kier molecular flexibility index (Phi) is 5.90. The molecule has 0 aromatic carbocycles. The first-order valence-corrected chi connectivity index (χ1v) is 8.86. The number of ether oxygens (including phenoxy) is 1. The summed E-state index contributed by atoms with van der Waals surface area (Å²) in [7, 11) is 0. The van der Waals surface area contributed by atoms with Gasteiger partial charge in [-0.25, -0.2) is 4.98 Å². The van der Waals surface area contributed by atoms with Gasteiger partial charge in [0.25, 0.3) is 0 Å². The van der Waals surface area contributed by atoms with Gasteiger partial charge in [-0.05, 0) is 38.7 Å². The lowest BCUT2D eigenvalue weighted by Crippen LogP contribution is -2.53. The molecule has 130 valence electrons. The molecular formula is C19H33N3O. The standard InChI is InChI=1S/C19H33N3O/c1-15(2)16(3)14-23-17-7-8-20-18(13-17)21-9-11-22(12-10-21)19(4,5)6/h7-8,13,15-16H,9-12,14H2,1-6H3/t16-/m1/s1. The van der Waals surface area contributed by atoms with Crippen LogP contribution in [0.1, 0.15) is 41.5 Å². The third-order valence-electron chi connectivity index (χ3n) is 4.92. The van der Waals surface area contributed by atoms with Crippen molar-refractivity contribution in [1.82, 2.24) is 9.88 Å². The number of piperazine rings is 1. The van der Waals surface area contributed by atoms with Crippen molar-refractivity contribution in [2.24, 2.45) is 11.8 Å². The minimum atomic E-state index is 0.247. The van der Waals surface area contributed by atoms with Gasteiger partial charge < -0.3 is 9.64 Å². The summed E-state index contributed by atoms with van der Waals surface area (Å²) >= 11 is 0. The van der Waals surface area contributed by atoms with E-state index in [4.69, 9.17) is 4.74 Å². The van der Waals surface area contributed by atoms with Crippen LogP contribution in [0.2, 0.25) is 0 Å². The number of anilines is 1. The fraction of sp³-hybridized carbons (Fsp3) is 0.737. The quantitative estimate of drug-likeness (QED) is 0.828. The molecule has 0 unspecified atom stereocenters. The minimum Gasteiger partial charge on any atom is -0.493 e. The molecule has 0 aliphatic carbocycles. The van der Waals surface area contributed by atoms with Gasteiger partial charge in [0.05, 0.1) is 6.61 Å². The first-order valence-electron chi connectivity index (χ1n) is 8.86. The van der Waals surface area contributed by atoms with Crippen LogP contribution in [0, 0.1) is 11.8 Å². The average Bonchev–Trinajstić information content (AvgIpc) is 2.52. The number of aromatic nitrogens is 1. The number of hydrogen-bond acceptors (Lipinski definition) is 4. The summed E-state index contributed by atoms with van der Waals surface area (Å²) in [6, 6.07) is 4.04. The molecule has 0 radical (unpaired) electrons.